The van der Waals surface area contributed by atoms with Crippen LogP contribution in [0.5, 0.6) is 0 Å². The van der Waals surface area contributed by atoms with E-state index >= 15 is 0 Å². The van der Waals surface area contributed by atoms with Gasteiger partial charge in [0, 0.05) is 18.6 Å². The second-order valence-corrected chi connectivity index (χ2v) is 9.12. The van der Waals surface area contributed by atoms with E-state index in [1.165, 1.54) is 4.80 Å². The van der Waals surface area contributed by atoms with Crippen molar-refractivity contribution >= 4 is 28.5 Å². The Bertz CT molecular complexity index is 1340. The third kappa shape index (κ3) is 3.03. The van der Waals surface area contributed by atoms with Gasteiger partial charge in [-0.25, -0.2) is 4.98 Å². The molecule has 0 bridgehead atoms. The van der Waals surface area contributed by atoms with E-state index in [0.29, 0.717) is 22.8 Å². The van der Waals surface area contributed by atoms with Crippen LogP contribution in [0.15, 0.2) is 42.7 Å². The first-order valence-corrected chi connectivity index (χ1v) is 11.1. The number of aromatic nitrogens is 5. The number of rotatable bonds is 3. The molecule has 1 unspecified atom stereocenters. The lowest BCUT2D eigenvalue weighted by atomic mass is 9.96. The molecule has 2 aromatic heterocycles. The number of hydrogen-bond donors (Lipinski definition) is 0. The Balaban J connectivity index is 1.63. The lowest BCUT2D eigenvalue weighted by Gasteiger charge is -2.35. The zero-order chi connectivity index (χ0) is 22.6. The zero-order valence-electron chi connectivity index (χ0n) is 18.6. The minimum Gasteiger partial charge on any atom is -0.329 e. The maximum atomic E-state index is 14.0. The molecule has 8 heteroatoms. The average Bonchev–Trinajstić information content (AvgIpc) is 3.50. The molecule has 1 aliphatic rings. The van der Waals surface area contributed by atoms with E-state index in [2.05, 4.69) is 21.7 Å². The van der Waals surface area contributed by atoms with E-state index in [4.69, 9.17) is 16.6 Å². The molecule has 1 saturated heterocycles. The first kappa shape index (κ1) is 20.7. The van der Waals surface area contributed by atoms with Crippen molar-refractivity contribution in [3.8, 4) is 5.69 Å². The molecular weight excluding hydrogens is 424 g/mol. The van der Waals surface area contributed by atoms with Crippen LogP contribution in [0.2, 0.25) is 5.02 Å². The predicted octanol–water partition coefficient (Wildman–Crippen LogP) is 4.58. The van der Waals surface area contributed by atoms with E-state index < -0.39 is 5.54 Å². The van der Waals surface area contributed by atoms with Gasteiger partial charge in [-0.15, -0.1) is 0 Å². The lowest BCUT2D eigenvalue weighted by Crippen LogP contribution is -2.44. The van der Waals surface area contributed by atoms with Crippen molar-refractivity contribution in [3.05, 3.63) is 70.3 Å². The highest BCUT2D eigenvalue weighted by Crippen LogP contribution is 2.41. The number of likely N-dealkylation sites (tertiary alicyclic amines) is 1. The van der Waals surface area contributed by atoms with E-state index in [-0.39, 0.29) is 5.91 Å². The normalized spacial score (nSPS) is 18.6. The number of imidazole rings is 1. The van der Waals surface area contributed by atoms with Crippen molar-refractivity contribution in [2.45, 2.75) is 39.2 Å². The molecule has 1 amide bonds. The molecule has 1 aliphatic heterocycles. The summed E-state index contributed by atoms with van der Waals surface area (Å²) in [6, 6.07) is 9.68. The molecule has 2 aromatic carbocycles. The highest BCUT2D eigenvalue weighted by Gasteiger charge is 2.45. The maximum absolute atomic E-state index is 14.0. The monoisotopic (exact) mass is 448 g/mol. The van der Waals surface area contributed by atoms with Crippen LogP contribution in [-0.2, 0) is 12.6 Å². The molecule has 4 aromatic rings. The second kappa shape index (κ2) is 7.45. The summed E-state index contributed by atoms with van der Waals surface area (Å²) in [5.41, 5.74) is 4.59. The van der Waals surface area contributed by atoms with Crippen LogP contribution in [0, 0.1) is 13.8 Å². The van der Waals surface area contributed by atoms with Gasteiger partial charge >= 0.3 is 0 Å². The van der Waals surface area contributed by atoms with Gasteiger partial charge in [0.15, 0.2) is 0 Å². The minimum absolute atomic E-state index is 0.0391. The Hall–Kier alpha value is -3.19. The smallest absolute Gasteiger partial charge is 0.256 e. The molecule has 0 N–H and O–H groups in total. The largest absolute Gasteiger partial charge is 0.329 e. The fourth-order valence-corrected chi connectivity index (χ4v) is 5.00. The molecule has 1 atom stereocenters. The van der Waals surface area contributed by atoms with Crippen LogP contribution in [-0.4, -0.2) is 41.9 Å². The lowest BCUT2D eigenvalue weighted by molar-refractivity contribution is 0.0599. The average molecular weight is 449 g/mol. The number of fused-ring (bicyclic) bond motifs is 1. The Morgan fingerprint density at radius 3 is 2.62 bits per heavy atom. The van der Waals surface area contributed by atoms with Gasteiger partial charge in [-0.2, -0.15) is 15.0 Å². The molecule has 5 rings (SSSR count). The van der Waals surface area contributed by atoms with E-state index in [9.17, 15) is 4.79 Å². The van der Waals surface area contributed by atoms with Crippen molar-refractivity contribution in [1.29, 1.82) is 0 Å². The van der Waals surface area contributed by atoms with Gasteiger partial charge in [0.05, 0.1) is 40.2 Å². The number of hydrogen-bond acceptors (Lipinski definition) is 4. The number of carbonyl (C=O) groups excluding carboxylic acids is 1. The topological polar surface area (TPSA) is 68.8 Å². The molecule has 0 radical (unpaired) electrons. The van der Waals surface area contributed by atoms with E-state index in [0.717, 1.165) is 40.8 Å². The van der Waals surface area contributed by atoms with Gasteiger partial charge in [0.1, 0.15) is 5.82 Å². The standard InChI is InChI=1S/C24H25ClN6O/c1-15-6-8-19(31-26-11-12-27-31)17(14-15)22(32)30-13-5-10-24(30,3)23-28-21-16(2)18(25)7-9-20(21)29(23)4/h6-9,11-12,14H,5,10,13H2,1-4H3. The fourth-order valence-electron chi connectivity index (χ4n) is 4.85. The number of halogens is 1. The highest BCUT2D eigenvalue weighted by atomic mass is 35.5. The van der Waals surface area contributed by atoms with Gasteiger partial charge in [-0.05, 0) is 63.4 Å². The first-order valence-electron chi connectivity index (χ1n) is 10.7. The number of amides is 1. The van der Waals surface area contributed by atoms with Gasteiger partial charge < -0.3 is 9.47 Å². The third-order valence-electron chi connectivity index (χ3n) is 6.62. The Labute approximate surface area is 191 Å². The van der Waals surface area contributed by atoms with Crippen LogP contribution >= 0.6 is 11.6 Å². The summed E-state index contributed by atoms with van der Waals surface area (Å²) < 4.78 is 2.09. The molecule has 32 heavy (non-hydrogen) atoms. The summed E-state index contributed by atoms with van der Waals surface area (Å²) in [6.07, 6.45) is 4.97. The van der Waals surface area contributed by atoms with Crippen molar-refractivity contribution in [1.82, 2.24) is 29.4 Å². The second-order valence-electron chi connectivity index (χ2n) is 8.71. The van der Waals surface area contributed by atoms with Gasteiger partial charge in [-0.1, -0.05) is 23.2 Å². The number of aryl methyl sites for hydroxylation is 3. The molecule has 0 aliphatic carbocycles. The van der Waals surface area contributed by atoms with Crippen LogP contribution < -0.4 is 0 Å². The molecule has 3 heterocycles. The number of benzene rings is 2. The molecule has 7 nitrogen and oxygen atoms in total. The van der Waals surface area contributed by atoms with Gasteiger partial charge in [0.2, 0.25) is 0 Å². The third-order valence-corrected chi connectivity index (χ3v) is 7.03. The predicted molar refractivity (Wildman–Crippen MR) is 124 cm³/mol. The maximum Gasteiger partial charge on any atom is 0.256 e. The highest BCUT2D eigenvalue weighted by molar-refractivity contribution is 6.32. The minimum atomic E-state index is -0.539. The van der Waals surface area contributed by atoms with E-state index in [1.54, 1.807) is 12.4 Å². The molecule has 0 saturated carbocycles. The zero-order valence-corrected chi connectivity index (χ0v) is 19.4. The fraction of sp³-hybridized carbons (Fsp3) is 0.333. The Morgan fingerprint density at radius 1 is 1.12 bits per heavy atom. The van der Waals surface area contributed by atoms with Crippen LogP contribution in [0.25, 0.3) is 16.7 Å². The van der Waals surface area contributed by atoms with Gasteiger partial charge in [0.25, 0.3) is 5.91 Å². The SMILES string of the molecule is Cc1ccc(-n2nccn2)c(C(=O)N2CCCC2(C)c2nc3c(C)c(Cl)ccc3n2C)c1. The van der Waals surface area contributed by atoms with Crippen molar-refractivity contribution in [2.75, 3.05) is 6.54 Å². The summed E-state index contributed by atoms with van der Waals surface area (Å²) in [4.78, 5) is 22.4. The summed E-state index contributed by atoms with van der Waals surface area (Å²) in [6.45, 7) is 6.74. The first-order chi connectivity index (χ1) is 15.3. The molecular formula is C24H25ClN6O. The van der Waals surface area contributed by atoms with Crippen LogP contribution in [0.4, 0.5) is 0 Å². The van der Waals surface area contributed by atoms with Crippen LogP contribution in [0.1, 0.15) is 47.1 Å². The van der Waals surface area contributed by atoms with Crippen molar-refractivity contribution in [2.24, 2.45) is 7.05 Å². The summed E-state index contributed by atoms with van der Waals surface area (Å²) in [5.74, 6) is 0.831. The summed E-state index contributed by atoms with van der Waals surface area (Å²) in [5, 5.41) is 9.19. The van der Waals surface area contributed by atoms with Crippen molar-refractivity contribution in [3.63, 3.8) is 0 Å². The van der Waals surface area contributed by atoms with Gasteiger partial charge in [-0.3, -0.25) is 4.79 Å². The number of carbonyl (C=O) groups is 1. The number of nitrogens with zero attached hydrogens (tertiary/aromatic N) is 6. The van der Waals surface area contributed by atoms with E-state index in [1.807, 2.05) is 56.1 Å². The Morgan fingerprint density at radius 2 is 1.88 bits per heavy atom. The molecule has 164 valence electrons. The summed E-state index contributed by atoms with van der Waals surface area (Å²) >= 11 is 6.36. The van der Waals surface area contributed by atoms with Crippen molar-refractivity contribution < 1.29 is 4.79 Å². The Kier molecular flexibility index (Phi) is 4.82. The van der Waals surface area contributed by atoms with Crippen LogP contribution in [0.3, 0.4) is 0 Å². The molecule has 0 spiro atoms. The molecule has 1 fully saturated rings. The quantitative estimate of drug-likeness (QED) is 0.460. The summed E-state index contributed by atoms with van der Waals surface area (Å²) in [7, 11) is 2.01.